The molecule has 2 N–H and O–H groups in total. The van der Waals surface area contributed by atoms with Crippen LogP contribution in [0.2, 0.25) is 0 Å². The number of carbonyl (C=O) groups excluding carboxylic acids is 2. The van der Waals surface area contributed by atoms with Gasteiger partial charge in [0.25, 0.3) is 11.8 Å². The SMILES string of the molecule is CCOc1ccc(C(=O)NCC(=O)N/N=C/c2cccc(OC)c2)cc1. The van der Waals surface area contributed by atoms with E-state index >= 15 is 0 Å². The van der Waals surface area contributed by atoms with Crippen molar-refractivity contribution in [1.29, 1.82) is 0 Å². The number of methoxy groups -OCH3 is 1. The lowest BCUT2D eigenvalue weighted by Crippen LogP contribution is -2.34. The maximum Gasteiger partial charge on any atom is 0.259 e. The van der Waals surface area contributed by atoms with Gasteiger partial charge in [-0.3, -0.25) is 9.59 Å². The summed E-state index contributed by atoms with van der Waals surface area (Å²) < 4.78 is 10.4. The first-order chi connectivity index (χ1) is 12.6. The first-order valence-electron chi connectivity index (χ1n) is 8.09. The summed E-state index contributed by atoms with van der Waals surface area (Å²) in [7, 11) is 1.57. The van der Waals surface area contributed by atoms with Crippen molar-refractivity contribution in [3.63, 3.8) is 0 Å². The van der Waals surface area contributed by atoms with Crippen molar-refractivity contribution in [3.8, 4) is 11.5 Å². The van der Waals surface area contributed by atoms with E-state index in [0.29, 0.717) is 23.7 Å². The molecule has 0 aliphatic rings. The lowest BCUT2D eigenvalue weighted by Gasteiger charge is -2.06. The van der Waals surface area contributed by atoms with Crippen molar-refractivity contribution in [1.82, 2.24) is 10.7 Å². The Morgan fingerprint density at radius 3 is 2.58 bits per heavy atom. The molecule has 136 valence electrons. The molecule has 26 heavy (non-hydrogen) atoms. The van der Waals surface area contributed by atoms with E-state index in [0.717, 1.165) is 5.56 Å². The highest BCUT2D eigenvalue weighted by Crippen LogP contribution is 2.12. The highest BCUT2D eigenvalue weighted by Gasteiger charge is 2.07. The number of hydrogen-bond acceptors (Lipinski definition) is 5. The number of amides is 2. The van der Waals surface area contributed by atoms with Gasteiger partial charge in [-0.1, -0.05) is 12.1 Å². The predicted molar refractivity (Wildman–Crippen MR) is 98.7 cm³/mol. The average Bonchev–Trinajstić information content (AvgIpc) is 2.67. The summed E-state index contributed by atoms with van der Waals surface area (Å²) in [5.74, 6) is 0.611. The lowest BCUT2D eigenvalue weighted by atomic mass is 10.2. The second kappa shape index (κ2) is 9.83. The van der Waals surface area contributed by atoms with E-state index in [1.807, 2.05) is 25.1 Å². The number of nitrogens with one attached hydrogen (secondary N) is 2. The van der Waals surface area contributed by atoms with E-state index in [4.69, 9.17) is 9.47 Å². The van der Waals surface area contributed by atoms with Gasteiger partial charge in [-0.15, -0.1) is 0 Å². The van der Waals surface area contributed by atoms with Gasteiger partial charge in [-0.05, 0) is 48.9 Å². The van der Waals surface area contributed by atoms with Crippen molar-refractivity contribution in [2.24, 2.45) is 5.10 Å². The summed E-state index contributed by atoms with van der Waals surface area (Å²) in [5.41, 5.74) is 3.58. The summed E-state index contributed by atoms with van der Waals surface area (Å²) in [6, 6.07) is 13.9. The molecule has 0 radical (unpaired) electrons. The average molecular weight is 355 g/mol. The van der Waals surface area contributed by atoms with E-state index in [1.54, 1.807) is 37.4 Å². The van der Waals surface area contributed by atoms with Crippen molar-refractivity contribution in [2.45, 2.75) is 6.92 Å². The van der Waals surface area contributed by atoms with Gasteiger partial charge < -0.3 is 14.8 Å². The van der Waals surface area contributed by atoms with Crippen molar-refractivity contribution >= 4 is 18.0 Å². The number of carbonyl (C=O) groups is 2. The molecule has 7 heteroatoms. The standard InChI is InChI=1S/C19H21N3O4/c1-3-26-16-9-7-15(8-10-16)19(24)20-13-18(23)22-21-12-14-5-4-6-17(11-14)25-2/h4-12H,3,13H2,1-2H3,(H,20,24)(H,22,23)/b21-12+. The van der Waals surface area contributed by atoms with Crippen LogP contribution in [0, 0.1) is 0 Å². The third-order valence-electron chi connectivity index (χ3n) is 3.33. The zero-order valence-corrected chi connectivity index (χ0v) is 14.7. The minimum absolute atomic E-state index is 0.179. The third kappa shape index (κ3) is 5.94. The van der Waals surface area contributed by atoms with Crippen LogP contribution in [0.5, 0.6) is 11.5 Å². The summed E-state index contributed by atoms with van der Waals surface area (Å²) in [4.78, 5) is 23.7. The van der Waals surface area contributed by atoms with E-state index in [1.165, 1.54) is 6.21 Å². The smallest absolute Gasteiger partial charge is 0.259 e. The molecule has 2 aromatic carbocycles. The van der Waals surface area contributed by atoms with Crippen LogP contribution in [0.15, 0.2) is 53.6 Å². The monoisotopic (exact) mass is 355 g/mol. The molecule has 0 saturated carbocycles. The van der Waals surface area contributed by atoms with Gasteiger partial charge in [0.2, 0.25) is 0 Å². The van der Waals surface area contributed by atoms with Gasteiger partial charge in [-0.2, -0.15) is 5.10 Å². The van der Waals surface area contributed by atoms with Crippen LogP contribution in [0.25, 0.3) is 0 Å². The molecule has 0 heterocycles. The van der Waals surface area contributed by atoms with E-state index in [2.05, 4.69) is 15.8 Å². The lowest BCUT2D eigenvalue weighted by molar-refractivity contribution is -0.120. The van der Waals surface area contributed by atoms with E-state index in [-0.39, 0.29) is 12.5 Å². The van der Waals surface area contributed by atoms with Crippen molar-refractivity contribution < 1.29 is 19.1 Å². The van der Waals surface area contributed by atoms with Crippen molar-refractivity contribution in [3.05, 3.63) is 59.7 Å². The normalized spacial score (nSPS) is 10.4. The molecule has 2 rings (SSSR count). The zero-order chi connectivity index (χ0) is 18.8. The Morgan fingerprint density at radius 2 is 1.88 bits per heavy atom. The Labute approximate surface area is 152 Å². The molecule has 0 saturated heterocycles. The highest BCUT2D eigenvalue weighted by atomic mass is 16.5. The molecule has 7 nitrogen and oxygen atoms in total. The molecular weight excluding hydrogens is 334 g/mol. The van der Waals surface area contributed by atoms with Gasteiger partial charge in [0.1, 0.15) is 11.5 Å². The van der Waals surface area contributed by atoms with Crippen LogP contribution in [0.4, 0.5) is 0 Å². The first kappa shape index (κ1) is 19.0. The summed E-state index contributed by atoms with van der Waals surface area (Å²) >= 11 is 0. The molecule has 2 amide bonds. The first-order valence-corrected chi connectivity index (χ1v) is 8.09. The minimum Gasteiger partial charge on any atom is -0.497 e. The Hall–Kier alpha value is -3.35. The molecule has 0 bridgehead atoms. The number of nitrogens with zero attached hydrogens (tertiary/aromatic N) is 1. The van der Waals surface area contributed by atoms with Gasteiger partial charge in [0, 0.05) is 5.56 Å². The molecule has 0 aliphatic carbocycles. The summed E-state index contributed by atoms with van der Waals surface area (Å²) in [6.45, 7) is 2.26. The Kier molecular flexibility index (Phi) is 7.17. The number of benzene rings is 2. The Morgan fingerprint density at radius 1 is 1.12 bits per heavy atom. The molecule has 0 spiro atoms. The van der Waals surface area contributed by atoms with Crippen LogP contribution >= 0.6 is 0 Å². The van der Waals surface area contributed by atoms with Crippen LogP contribution in [0.3, 0.4) is 0 Å². The van der Waals surface area contributed by atoms with Gasteiger partial charge in [-0.25, -0.2) is 5.43 Å². The fourth-order valence-electron chi connectivity index (χ4n) is 2.07. The predicted octanol–water partition coefficient (Wildman–Crippen LogP) is 1.97. The molecule has 2 aromatic rings. The Balaban J connectivity index is 1.78. The van der Waals surface area contributed by atoms with E-state index in [9.17, 15) is 9.59 Å². The molecule has 0 unspecified atom stereocenters. The Bertz CT molecular complexity index is 773. The number of hydrogen-bond donors (Lipinski definition) is 2. The second-order valence-corrected chi connectivity index (χ2v) is 5.21. The number of hydrazone groups is 1. The summed E-state index contributed by atoms with van der Waals surface area (Å²) in [5, 5.41) is 6.38. The summed E-state index contributed by atoms with van der Waals surface area (Å²) in [6.07, 6.45) is 1.49. The van der Waals surface area contributed by atoms with Gasteiger partial charge in [0.05, 0.1) is 26.5 Å². The van der Waals surface area contributed by atoms with Crippen LogP contribution in [0.1, 0.15) is 22.8 Å². The largest absolute Gasteiger partial charge is 0.497 e. The number of ether oxygens (including phenoxy) is 2. The third-order valence-corrected chi connectivity index (χ3v) is 3.33. The fourth-order valence-corrected chi connectivity index (χ4v) is 2.07. The molecular formula is C19H21N3O4. The molecule has 0 fully saturated rings. The van der Waals surface area contributed by atoms with E-state index < -0.39 is 5.91 Å². The molecule has 0 aromatic heterocycles. The second-order valence-electron chi connectivity index (χ2n) is 5.21. The molecule has 0 atom stereocenters. The minimum atomic E-state index is -0.427. The highest BCUT2D eigenvalue weighted by molar-refractivity contribution is 5.96. The van der Waals surface area contributed by atoms with Crippen molar-refractivity contribution in [2.75, 3.05) is 20.3 Å². The fraction of sp³-hybridized carbons (Fsp3) is 0.211. The maximum absolute atomic E-state index is 12.0. The quantitative estimate of drug-likeness (QED) is 0.560. The maximum atomic E-state index is 12.0. The molecule has 0 aliphatic heterocycles. The van der Waals surface area contributed by atoms with Crippen LogP contribution in [-0.4, -0.2) is 38.3 Å². The number of rotatable bonds is 8. The topological polar surface area (TPSA) is 89.0 Å². The zero-order valence-electron chi connectivity index (χ0n) is 14.7. The van der Waals surface area contributed by atoms with Crippen LogP contribution < -0.4 is 20.2 Å². The van der Waals surface area contributed by atoms with Crippen LogP contribution in [-0.2, 0) is 4.79 Å². The van der Waals surface area contributed by atoms with Gasteiger partial charge in [0.15, 0.2) is 0 Å². The van der Waals surface area contributed by atoms with Gasteiger partial charge >= 0.3 is 0 Å².